The maximum Gasteiger partial charge on any atom is 0.274 e. The van der Waals surface area contributed by atoms with Crippen LogP contribution in [0.15, 0.2) is 24.3 Å². The van der Waals surface area contributed by atoms with Gasteiger partial charge in [-0.3, -0.25) is 9.89 Å². The summed E-state index contributed by atoms with van der Waals surface area (Å²) in [5.74, 6) is -0.100. The molecular weight excluding hydrogens is 342 g/mol. The van der Waals surface area contributed by atoms with E-state index in [2.05, 4.69) is 47.3 Å². The molecule has 2 N–H and O–H groups in total. The van der Waals surface area contributed by atoms with E-state index in [1.165, 1.54) is 0 Å². The Kier molecular flexibility index (Phi) is 4.31. The number of aliphatic hydroxyl groups excluding tert-OH is 1. The van der Waals surface area contributed by atoms with Crippen LogP contribution < -0.4 is 0 Å². The van der Waals surface area contributed by atoms with E-state index >= 15 is 0 Å². The van der Waals surface area contributed by atoms with Crippen molar-refractivity contribution in [3.05, 3.63) is 63.7 Å². The van der Waals surface area contributed by atoms with Crippen molar-refractivity contribution in [2.75, 3.05) is 6.54 Å². The lowest BCUT2D eigenvalue weighted by Crippen LogP contribution is -2.36. The number of carbonyl (C=O) groups excluding carboxylic acids is 1. The number of carbonyl (C=O) groups is 1. The Morgan fingerprint density at radius 3 is 2.63 bits per heavy atom. The first-order valence-corrected chi connectivity index (χ1v) is 9.06. The van der Waals surface area contributed by atoms with Crippen molar-refractivity contribution in [1.29, 1.82) is 0 Å². The van der Waals surface area contributed by atoms with E-state index in [0.717, 1.165) is 33.8 Å². The van der Waals surface area contributed by atoms with E-state index < -0.39 is 0 Å². The summed E-state index contributed by atoms with van der Waals surface area (Å²) in [5, 5.41) is 21.1. The number of hydrogen-bond acceptors (Lipinski definition) is 4. The minimum atomic E-state index is -0.131. The van der Waals surface area contributed by atoms with Crippen LogP contribution in [0.1, 0.15) is 44.3 Å². The van der Waals surface area contributed by atoms with Gasteiger partial charge in [0.15, 0.2) is 5.69 Å². The molecule has 1 aliphatic rings. The molecule has 1 amide bonds. The third-order valence-corrected chi connectivity index (χ3v) is 5.01. The average Bonchev–Trinajstić information content (AvgIpc) is 3.22. The second-order valence-electron chi connectivity index (χ2n) is 7.19. The number of aryl methyl sites for hydroxylation is 3. The van der Waals surface area contributed by atoms with Crippen molar-refractivity contribution in [3.8, 4) is 5.69 Å². The van der Waals surface area contributed by atoms with Gasteiger partial charge in [-0.25, -0.2) is 4.68 Å². The molecule has 0 aliphatic carbocycles. The van der Waals surface area contributed by atoms with Gasteiger partial charge >= 0.3 is 0 Å². The van der Waals surface area contributed by atoms with Crippen molar-refractivity contribution in [2.45, 2.75) is 40.3 Å². The Bertz CT molecular complexity index is 984. The van der Waals surface area contributed by atoms with Crippen LogP contribution in [-0.4, -0.2) is 42.4 Å². The summed E-state index contributed by atoms with van der Waals surface area (Å²) in [5.41, 5.74) is 7.16. The van der Waals surface area contributed by atoms with Crippen LogP contribution in [0.2, 0.25) is 0 Å². The second-order valence-corrected chi connectivity index (χ2v) is 7.19. The molecule has 0 unspecified atom stereocenters. The summed E-state index contributed by atoms with van der Waals surface area (Å²) in [4.78, 5) is 14.8. The zero-order chi connectivity index (χ0) is 19.1. The fraction of sp³-hybridized carbons (Fsp3) is 0.350. The van der Waals surface area contributed by atoms with Gasteiger partial charge in [-0.2, -0.15) is 10.2 Å². The fourth-order valence-electron chi connectivity index (χ4n) is 3.73. The number of benzene rings is 1. The van der Waals surface area contributed by atoms with E-state index in [0.29, 0.717) is 30.9 Å². The molecule has 7 nitrogen and oxygen atoms in total. The zero-order valence-corrected chi connectivity index (χ0v) is 15.8. The molecule has 0 spiro atoms. The van der Waals surface area contributed by atoms with Crippen LogP contribution in [0, 0.1) is 20.8 Å². The van der Waals surface area contributed by atoms with Gasteiger partial charge in [0.25, 0.3) is 5.91 Å². The highest BCUT2D eigenvalue weighted by Crippen LogP contribution is 2.23. The standard InChI is InChI=1S/C20H23N5O2/c1-12-6-13(2)8-15(7-12)25-14(3)9-18(23-25)20(27)24-5-4-17-16(10-24)19(11-26)22-21-17/h6-9,26H,4-5,10-11H2,1-3H3,(H,21,22). The topological polar surface area (TPSA) is 87.0 Å². The Labute approximate surface area is 157 Å². The van der Waals surface area contributed by atoms with Crippen molar-refractivity contribution in [1.82, 2.24) is 24.9 Å². The SMILES string of the molecule is Cc1cc(C)cc(-n2nc(C(=O)N3CCc4[nH]nc(CO)c4C3)cc2C)c1. The third kappa shape index (κ3) is 3.14. The largest absolute Gasteiger partial charge is 0.390 e. The number of aromatic amines is 1. The van der Waals surface area contributed by atoms with E-state index in [4.69, 9.17) is 0 Å². The number of aromatic nitrogens is 4. The van der Waals surface area contributed by atoms with Crippen molar-refractivity contribution < 1.29 is 9.90 Å². The van der Waals surface area contributed by atoms with Gasteiger partial charge in [-0.15, -0.1) is 0 Å². The minimum Gasteiger partial charge on any atom is -0.390 e. The number of H-pyrrole nitrogens is 1. The van der Waals surface area contributed by atoms with Crippen molar-refractivity contribution in [3.63, 3.8) is 0 Å². The molecule has 3 heterocycles. The number of hydrogen-bond donors (Lipinski definition) is 2. The van der Waals surface area contributed by atoms with Gasteiger partial charge in [0.2, 0.25) is 0 Å². The van der Waals surface area contributed by atoms with Crippen LogP contribution in [0.4, 0.5) is 0 Å². The van der Waals surface area contributed by atoms with Crippen molar-refractivity contribution in [2.24, 2.45) is 0 Å². The van der Waals surface area contributed by atoms with E-state index in [-0.39, 0.29) is 12.5 Å². The van der Waals surface area contributed by atoms with E-state index in [1.54, 1.807) is 4.90 Å². The van der Waals surface area contributed by atoms with Crippen molar-refractivity contribution >= 4 is 5.91 Å². The molecule has 0 bridgehead atoms. The Hall–Kier alpha value is -2.93. The first kappa shape index (κ1) is 17.5. The first-order valence-electron chi connectivity index (χ1n) is 9.06. The molecule has 1 aromatic carbocycles. The summed E-state index contributed by atoms with van der Waals surface area (Å²) < 4.78 is 1.82. The van der Waals surface area contributed by atoms with Crippen LogP contribution in [-0.2, 0) is 19.6 Å². The Morgan fingerprint density at radius 2 is 1.93 bits per heavy atom. The van der Waals surface area contributed by atoms with Gasteiger partial charge in [0.05, 0.1) is 18.0 Å². The maximum absolute atomic E-state index is 13.0. The van der Waals surface area contributed by atoms with Gasteiger partial charge in [0.1, 0.15) is 0 Å². The maximum atomic E-state index is 13.0. The van der Waals surface area contributed by atoms with E-state index in [1.807, 2.05) is 17.7 Å². The number of amides is 1. The Balaban J connectivity index is 1.62. The molecule has 3 aromatic rings. The van der Waals surface area contributed by atoms with Crippen LogP contribution in [0.5, 0.6) is 0 Å². The quantitative estimate of drug-likeness (QED) is 0.745. The summed E-state index contributed by atoms with van der Waals surface area (Å²) in [6.07, 6.45) is 0.699. The first-order chi connectivity index (χ1) is 13.0. The lowest BCUT2D eigenvalue weighted by atomic mass is 10.1. The predicted molar refractivity (Wildman–Crippen MR) is 101 cm³/mol. The monoisotopic (exact) mass is 365 g/mol. The lowest BCUT2D eigenvalue weighted by Gasteiger charge is -2.26. The molecule has 1 aliphatic heterocycles. The molecule has 140 valence electrons. The van der Waals surface area contributed by atoms with Crippen LogP contribution >= 0.6 is 0 Å². The number of rotatable bonds is 3. The molecule has 4 rings (SSSR count). The number of fused-ring (bicyclic) bond motifs is 1. The smallest absolute Gasteiger partial charge is 0.274 e. The molecule has 0 fully saturated rings. The number of nitrogens with zero attached hydrogens (tertiary/aromatic N) is 4. The third-order valence-electron chi connectivity index (χ3n) is 5.01. The molecule has 27 heavy (non-hydrogen) atoms. The predicted octanol–water partition coefficient (Wildman–Crippen LogP) is 2.21. The molecule has 0 saturated carbocycles. The summed E-state index contributed by atoms with van der Waals surface area (Å²) in [6.45, 7) is 6.97. The summed E-state index contributed by atoms with van der Waals surface area (Å²) >= 11 is 0. The summed E-state index contributed by atoms with van der Waals surface area (Å²) in [6, 6.07) is 8.07. The van der Waals surface area contributed by atoms with Gasteiger partial charge < -0.3 is 10.0 Å². The van der Waals surface area contributed by atoms with Crippen LogP contribution in [0.25, 0.3) is 5.69 Å². The highest BCUT2D eigenvalue weighted by atomic mass is 16.3. The minimum absolute atomic E-state index is 0.100. The zero-order valence-electron chi connectivity index (χ0n) is 15.8. The normalized spacial score (nSPS) is 13.7. The van der Waals surface area contributed by atoms with Gasteiger partial charge in [-0.1, -0.05) is 6.07 Å². The molecule has 2 aromatic heterocycles. The van der Waals surface area contributed by atoms with Gasteiger partial charge in [-0.05, 0) is 50.1 Å². The molecular formula is C20H23N5O2. The molecule has 0 atom stereocenters. The highest BCUT2D eigenvalue weighted by molar-refractivity contribution is 5.92. The highest BCUT2D eigenvalue weighted by Gasteiger charge is 2.27. The lowest BCUT2D eigenvalue weighted by molar-refractivity contribution is 0.0726. The van der Waals surface area contributed by atoms with Gasteiger partial charge in [0, 0.05) is 36.5 Å². The van der Waals surface area contributed by atoms with E-state index in [9.17, 15) is 9.90 Å². The average molecular weight is 365 g/mol. The molecule has 0 radical (unpaired) electrons. The van der Waals surface area contributed by atoms with Crippen LogP contribution in [0.3, 0.4) is 0 Å². The number of aliphatic hydroxyl groups is 1. The second kappa shape index (κ2) is 6.66. The fourth-order valence-corrected chi connectivity index (χ4v) is 3.73. The summed E-state index contributed by atoms with van der Waals surface area (Å²) in [7, 11) is 0. The number of nitrogens with one attached hydrogen (secondary N) is 1. The Morgan fingerprint density at radius 1 is 1.19 bits per heavy atom. The molecule has 7 heteroatoms. The molecule has 0 saturated heterocycles.